The molecule has 3 aromatic rings. The first kappa shape index (κ1) is 18.8. The highest BCUT2D eigenvalue weighted by Crippen LogP contribution is 2.32. The van der Waals surface area contributed by atoms with Crippen LogP contribution < -0.4 is 0 Å². The lowest BCUT2D eigenvalue weighted by Gasteiger charge is -2.37. The van der Waals surface area contributed by atoms with E-state index in [1.807, 2.05) is 22.6 Å². The van der Waals surface area contributed by atoms with Crippen LogP contribution in [0.4, 0.5) is 4.39 Å². The highest BCUT2D eigenvalue weighted by atomic mass is 32.1. The Hall–Kier alpha value is -2.25. The van der Waals surface area contributed by atoms with Crippen molar-refractivity contribution in [1.82, 2.24) is 19.6 Å². The molecule has 152 valence electrons. The third-order valence-corrected chi connectivity index (χ3v) is 7.37. The molecule has 1 saturated carbocycles. The summed E-state index contributed by atoms with van der Waals surface area (Å²) in [5, 5.41) is 5.58. The predicted molar refractivity (Wildman–Crippen MR) is 113 cm³/mol. The molecular formula is C22H25FN4OS. The Morgan fingerprint density at radius 2 is 1.79 bits per heavy atom. The van der Waals surface area contributed by atoms with Crippen LogP contribution in [0.2, 0.25) is 0 Å². The van der Waals surface area contributed by atoms with Crippen LogP contribution in [0.15, 0.2) is 30.3 Å². The fourth-order valence-corrected chi connectivity index (χ4v) is 5.78. The molecule has 0 unspecified atom stereocenters. The summed E-state index contributed by atoms with van der Waals surface area (Å²) in [6, 6.07) is 8.98. The summed E-state index contributed by atoms with van der Waals surface area (Å²) >= 11 is 1.47. The van der Waals surface area contributed by atoms with Gasteiger partial charge in [0, 0.05) is 37.6 Å². The smallest absolute Gasteiger partial charge is 0.264 e. The quantitative estimate of drug-likeness (QED) is 0.646. The number of fused-ring (bicyclic) bond motifs is 1. The number of halogens is 1. The molecule has 3 heterocycles. The number of amides is 1. The van der Waals surface area contributed by atoms with Gasteiger partial charge in [0.1, 0.15) is 10.6 Å². The lowest BCUT2D eigenvalue weighted by Crippen LogP contribution is -2.51. The summed E-state index contributed by atoms with van der Waals surface area (Å²) in [4.78, 5) is 19.4. The minimum absolute atomic E-state index is 0.113. The largest absolute Gasteiger partial charge is 0.335 e. The van der Waals surface area contributed by atoms with Crippen LogP contribution in [-0.2, 0) is 0 Å². The molecule has 2 fully saturated rings. The van der Waals surface area contributed by atoms with Gasteiger partial charge in [0.05, 0.1) is 16.3 Å². The second kappa shape index (κ2) is 7.54. The van der Waals surface area contributed by atoms with Crippen molar-refractivity contribution in [3.63, 3.8) is 0 Å². The van der Waals surface area contributed by atoms with Crippen molar-refractivity contribution in [1.29, 1.82) is 0 Å². The van der Waals surface area contributed by atoms with Crippen molar-refractivity contribution in [2.45, 2.75) is 38.6 Å². The predicted octanol–water partition coefficient (Wildman–Crippen LogP) is 4.23. The van der Waals surface area contributed by atoms with E-state index in [0.717, 1.165) is 58.7 Å². The van der Waals surface area contributed by atoms with E-state index in [2.05, 4.69) is 10.00 Å². The van der Waals surface area contributed by atoms with E-state index in [-0.39, 0.29) is 11.7 Å². The van der Waals surface area contributed by atoms with Gasteiger partial charge in [0.25, 0.3) is 5.91 Å². The maximum Gasteiger partial charge on any atom is 0.264 e. The van der Waals surface area contributed by atoms with Crippen LogP contribution in [0.3, 0.4) is 0 Å². The zero-order chi connectivity index (χ0) is 20.0. The Balaban J connectivity index is 1.36. The molecule has 5 nitrogen and oxygen atoms in total. The molecule has 5 rings (SSSR count). The van der Waals surface area contributed by atoms with Crippen molar-refractivity contribution >= 4 is 27.5 Å². The molecule has 0 bridgehead atoms. The molecule has 1 aromatic carbocycles. The van der Waals surface area contributed by atoms with Gasteiger partial charge in [-0.1, -0.05) is 12.8 Å². The number of aryl methyl sites for hydroxylation is 1. The Bertz CT molecular complexity index is 1030. The summed E-state index contributed by atoms with van der Waals surface area (Å²) in [6.07, 6.45) is 5.30. The average molecular weight is 413 g/mol. The molecule has 2 aliphatic rings. The molecule has 2 aromatic heterocycles. The van der Waals surface area contributed by atoms with Gasteiger partial charge < -0.3 is 4.90 Å². The number of carbonyl (C=O) groups excluding carboxylic acids is 1. The molecule has 0 N–H and O–H groups in total. The number of nitrogens with zero attached hydrogens (tertiary/aromatic N) is 4. The van der Waals surface area contributed by atoms with Crippen molar-refractivity contribution < 1.29 is 9.18 Å². The number of hydrogen-bond acceptors (Lipinski definition) is 4. The van der Waals surface area contributed by atoms with E-state index in [4.69, 9.17) is 0 Å². The topological polar surface area (TPSA) is 41.4 Å². The zero-order valence-corrected chi connectivity index (χ0v) is 17.4. The number of piperazine rings is 1. The number of thiophene rings is 1. The van der Waals surface area contributed by atoms with Crippen LogP contribution in [-0.4, -0.2) is 57.7 Å². The number of carbonyl (C=O) groups is 1. The lowest BCUT2D eigenvalue weighted by atomic mass is 10.2. The highest BCUT2D eigenvalue weighted by Gasteiger charge is 2.29. The first-order valence-electron chi connectivity index (χ1n) is 10.4. The van der Waals surface area contributed by atoms with Gasteiger partial charge in [-0.2, -0.15) is 5.10 Å². The van der Waals surface area contributed by atoms with Crippen LogP contribution in [0.5, 0.6) is 0 Å². The third kappa shape index (κ3) is 3.46. The van der Waals surface area contributed by atoms with Crippen molar-refractivity contribution in [3.8, 4) is 5.69 Å². The average Bonchev–Trinajstić information content (AvgIpc) is 3.47. The monoisotopic (exact) mass is 412 g/mol. The summed E-state index contributed by atoms with van der Waals surface area (Å²) in [5.74, 6) is -0.157. The van der Waals surface area contributed by atoms with Gasteiger partial charge in [0.15, 0.2) is 0 Å². The van der Waals surface area contributed by atoms with Crippen molar-refractivity contribution in [2.24, 2.45) is 0 Å². The van der Waals surface area contributed by atoms with E-state index in [0.29, 0.717) is 0 Å². The minimum atomic E-state index is -0.271. The Labute approximate surface area is 173 Å². The standard InChI is InChI=1S/C22H25FN4OS/c1-15-19-14-20(29-22(19)27(24-15)18-8-6-16(23)7-9-18)21(28)26-12-10-25(11-13-26)17-4-2-3-5-17/h6-9,14,17H,2-5,10-13H2,1H3. The number of rotatable bonds is 3. The van der Waals surface area contributed by atoms with E-state index in [1.165, 1.54) is 49.2 Å². The van der Waals surface area contributed by atoms with Gasteiger partial charge in [-0.05, 0) is 50.1 Å². The number of benzene rings is 1. The van der Waals surface area contributed by atoms with Gasteiger partial charge in [0.2, 0.25) is 0 Å². The fourth-order valence-electron chi connectivity index (χ4n) is 4.63. The second-order valence-corrected chi connectivity index (χ2v) is 9.10. The van der Waals surface area contributed by atoms with Crippen molar-refractivity contribution in [2.75, 3.05) is 26.2 Å². The number of hydrogen-bond donors (Lipinski definition) is 0. The molecule has 0 spiro atoms. The van der Waals surface area contributed by atoms with E-state index < -0.39 is 0 Å². The van der Waals surface area contributed by atoms with E-state index in [1.54, 1.807) is 12.1 Å². The molecule has 7 heteroatoms. The first-order valence-corrected chi connectivity index (χ1v) is 11.2. The van der Waals surface area contributed by atoms with Gasteiger partial charge >= 0.3 is 0 Å². The Morgan fingerprint density at radius 1 is 1.10 bits per heavy atom. The second-order valence-electron chi connectivity index (χ2n) is 8.07. The summed E-state index contributed by atoms with van der Waals surface area (Å²) in [7, 11) is 0. The molecule has 1 aliphatic heterocycles. The molecule has 29 heavy (non-hydrogen) atoms. The molecule has 1 saturated heterocycles. The Kier molecular flexibility index (Phi) is 4.87. The summed E-state index contributed by atoms with van der Waals surface area (Å²) < 4.78 is 15.1. The summed E-state index contributed by atoms with van der Waals surface area (Å²) in [5.41, 5.74) is 1.68. The fraction of sp³-hybridized carbons (Fsp3) is 0.455. The maximum absolute atomic E-state index is 13.3. The first-order chi connectivity index (χ1) is 14.1. The van der Waals surface area contributed by atoms with Crippen LogP contribution in [0, 0.1) is 12.7 Å². The molecule has 1 aliphatic carbocycles. The number of aromatic nitrogens is 2. The molecular weight excluding hydrogens is 387 g/mol. The van der Waals surface area contributed by atoms with Gasteiger partial charge in [-0.3, -0.25) is 9.69 Å². The van der Waals surface area contributed by atoms with E-state index >= 15 is 0 Å². The SMILES string of the molecule is Cc1nn(-c2ccc(F)cc2)c2sc(C(=O)N3CCN(C4CCCC4)CC3)cc12. The van der Waals surface area contributed by atoms with Crippen LogP contribution in [0.25, 0.3) is 15.9 Å². The lowest BCUT2D eigenvalue weighted by molar-refractivity contribution is 0.0578. The Morgan fingerprint density at radius 3 is 2.48 bits per heavy atom. The van der Waals surface area contributed by atoms with Crippen molar-refractivity contribution in [3.05, 3.63) is 46.7 Å². The van der Waals surface area contributed by atoms with Crippen LogP contribution in [0.1, 0.15) is 41.0 Å². The molecule has 1 amide bonds. The van der Waals surface area contributed by atoms with Gasteiger partial charge in [-0.25, -0.2) is 9.07 Å². The third-order valence-electron chi connectivity index (χ3n) is 6.27. The summed E-state index contributed by atoms with van der Waals surface area (Å²) in [6.45, 7) is 5.50. The maximum atomic E-state index is 13.3. The van der Waals surface area contributed by atoms with E-state index in [9.17, 15) is 9.18 Å². The van der Waals surface area contributed by atoms with Crippen LogP contribution >= 0.6 is 11.3 Å². The zero-order valence-electron chi connectivity index (χ0n) is 16.6. The molecule has 0 radical (unpaired) electrons. The molecule has 0 atom stereocenters. The highest BCUT2D eigenvalue weighted by molar-refractivity contribution is 7.20. The minimum Gasteiger partial charge on any atom is -0.335 e. The van der Waals surface area contributed by atoms with Gasteiger partial charge in [-0.15, -0.1) is 11.3 Å². The normalized spacial score (nSPS) is 18.8.